The molecule has 8 heteroatoms. The summed E-state index contributed by atoms with van der Waals surface area (Å²) in [6.07, 6.45) is 0.255. The Hall–Kier alpha value is -2.32. The van der Waals surface area contributed by atoms with Crippen LogP contribution in [-0.2, 0) is 9.59 Å². The number of nitrogens with zero attached hydrogens (tertiary/aromatic N) is 2. The molecule has 1 aromatic carbocycles. The van der Waals surface area contributed by atoms with E-state index in [1.807, 2.05) is 13.8 Å². The highest BCUT2D eigenvalue weighted by molar-refractivity contribution is 7.73. The minimum absolute atomic E-state index is 0.0593. The summed E-state index contributed by atoms with van der Waals surface area (Å²) in [6.45, 7) is 3.74. The number of aromatic hydroxyl groups is 1. The van der Waals surface area contributed by atoms with E-state index in [4.69, 9.17) is 12.2 Å². The summed E-state index contributed by atoms with van der Waals surface area (Å²) in [5.74, 6) is -2.07. The van der Waals surface area contributed by atoms with Crippen LogP contribution in [0.4, 0.5) is 0 Å². The zero-order chi connectivity index (χ0) is 18.3. The number of aromatic nitrogens is 1. The normalized spacial score (nSPS) is 14.5. The fourth-order valence-electron chi connectivity index (χ4n) is 2.85. The molecule has 1 aliphatic rings. The Labute approximate surface area is 152 Å². The van der Waals surface area contributed by atoms with Crippen LogP contribution in [-0.4, -0.2) is 21.6 Å². The van der Waals surface area contributed by atoms with Crippen LogP contribution in [0.1, 0.15) is 31.2 Å². The van der Waals surface area contributed by atoms with Gasteiger partial charge in [-0.25, -0.2) is 4.99 Å². The lowest BCUT2D eigenvalue weighted by Gasteiger charge is -2.22. The topological polar surface area (TPSA) is 94.7 Å². The van der Waals surface area contributed by atoms with Gasteiger partial charge in [0.1, 0.15) is 4.88 Å². The predicted octanol–water partition coefficient (Wildman–Crippen LogP) is 0.681. The highest BCUT2D eigenvalue weighted by atomic mass is 32.1. The Bertz CT molecular complexity index is 1050. The second kappa shape index (κ2) is 6.53. The molecule has 1 aliphatic heterocycles. The van der Waals surface area contributed by atoms with E-state index in [2.05, 4.69) is 4.99 Å². The highest BCUT2D eigenvalue weighted by Crippen LogP contribution is 2.36. The molecule has 0 spiro atoms. The summed E-state index contributed by atoms with van der Waals surface area (Å²) in [6, 6.07) is 5.87. The van der Waals surface area contributed by atoms with Crippen molar-refractivity contribution in [2.45, 2.75) is 26.3 Å². The number of para-hydroxylation sites is 1. The molecule has 6 nitrogen and oxygen atoms in total. The Morgan fingerprint density at radius 3 is 2.72 bits per heavy atom. The van der Waals surface area contributed by atoms with Gasteiger partial charge in [0, 0.05) is 5.22 Å². The van der Waals surface area contributed by atoms with Gasteiger partial charge in [-0.15, -0.1) is 11.3 Å². The van der Waals surface area contributed by atoms with Crippen molar-refractivity contribution in [1.29, 1.82) is 0 Å². The molecular weight excluding hydrogens is 360 g/mol. The van der Waals surface area contributed by atoms with Crippen molar-refractivity contribution in [3.05, 3.63) is 43.7 Å². The summed E-state index contributed by atoms with van der Waals surface area (Å²) in [5, 5.41) is 23.3. The lowest BCUT2D eigenvalue weighted by molar-refractivity contribution is -0.311. The summed E-state index contributed by atoms with van der Waals surface area (Å²) < 4.78 is 1.33. The van der Waals surface area contributed by atoms with Gasteiger partial charge in [-0.05, 0) is 30.6 Å². The van der Waals surface area contributed by atoms with E-state index >= 15 is 0 Å². The minimum Gasteiger partial charge on any atom is -0.548 e. The Morgan fingerprint density at radius 2 is 2.08 bits per heavy atom. The smallest absolute Gasteiger partial charge is 0.279 e. The summed E-state index contributed by atoms with van der Waals surface area (Å²) in [4.78, 5) is 28.1. The first-order chi connectivity index (χ1) is 11.8. The quantitative estimate of drug-likeness (QED) is 0.776. The Balaban J connectivity index is 2.23. The molecule has 130 valence electrons. The molecule has 2 heterocycles. The van der Waals surface area contributed by atoms with Crippen LogP contribution in [0.2, 0.25) is 0 Å². The summed E-state index contributed by atoms with van der Waals surface area (Å²) >= 11 is 6.25. The van der Waals surface area contributed by atoms with Gasteiger partial charge in [0.2, 0.25) is 5.88 Å². The molecular formula is C17H15N2O4S2-. The third kappa shape index (κ3) is 3.03. The van der Waals surface area contributed by atoms with Gasteiger partial charge >= 0.3 is 0 Å². The maximum atomic E-state index is 12.3. The van der Waals surface area contributed by atoms with Crippen LogP contribution in [0.5, 0.6) is 5.88 Å². The monoisotopic (exact) mass is 375 g/mol. The van der Waals surface area contributed by atoms with Crippen LogP contribution in [0, 0.1) is 9.87 Å². The van der Waals surface area contributed by atoms with E-state index in [0.29, 0.717) is 10.6 Å². The van der Waals surface area contributed by atoms with Gasteiger partial charge in [0.15, 0.2) is 3.95 Å². The number of carboxylic acids is 1. The maximum absolute atomic E-state index is 12.3. The predicted molar refractivity (Wildman–Crippen MR) is 93.0 cm³/mol. The van der Waals surface area contributed by atoms with Gasteiger partial charge in [-0.3, -0.25) is 9.36 Å². The van der Waals surface area contributed by atoms with Gasteiger partial charge in [0.05, 0.1) is 22.9 Å². The van der Waals surface area contributed by atoms with Crippen LogP contribution >= 0.6 is 23.6 Å². The average Bonchev–Trinajstić information content (AvgIpc) is 3.00. The largest absolute Gasteiger partial charge is 0.548 e. The van der Waals surface area contributed by atoms with Crippen molar-refractivity contribution < 1.29 is 19.8 Å². The molecule has 0 unspecified atom stereocenters. The Kier molecular flexibility index (Phi) is 4.57. The number of rotatable bonds is 5. The lowest BCUT2D eigenvalue weighted by Crippen LogP contribution is -2.34. The van der Waals surface area contributed by atoms with Crippen molar-refractivity contribution in [3.63, 3.8) is 0 Å². The van der Waals surface area contributed by atoms with Crippen molar-refractivity contribution >= 4 is 41.0 Å². The first kappa shape index (κ1) is 17.5. The molecule has 0 fully saturated rings. The number of carboxylic acid groups (broad SMARTS) is 1. The molecule has 3 rings (SSSR count). The van der Waals surface area contributed by atoms with Gasteiger partial charge in [-0.1, -0.05) is 32.0 Å². The second-order valence-electron chi connectivity index (χ2n) is 6.16. The van der Waals surface area contributed by atoms with Gasteiger partial charge in [0.25, 0.3) is 5.91 Å². The van der Waals surface area contributed by atoms with E-state index in [-0.39, 0.29) is 32.6 Å². The zero-order valence-electron chi connectivity index (χ0n) is 13.6. The van der Waals surface area contributed by atoms with Crippen LogP contribution in [0.25, 0.3) is 5.57 Å². The molecule has 1 atom stereocenters. The number of benzene rings is 1. The molecule has 0 aliphatic carbocycles. The summed E-state index contributed by atoms with van der Waals surface area (Å²) in [7, 11) is 0. The second-order valence-corrected chi connectivity index (χ2v) is 7.81. The first-order valence-electron chi connectivity index (χ1n) is 7.69. The number of hydrogen-bond donors (Lipinski definition) is 1. The number of amides is 1. The molecule has 2 aromatic rings. The standard InChI is InChI=1S/C17H16N2O4S2/c1-8(2)7-11(16(22)23)19-15(21)13(25-17(19)24)12-9-5-3-4-6-10(9)18-14(12)20/h3-6,8,11,21H,7H2,1-2H3,(H,22,23)/p-1/t11-/m0/s1. The van der Waals surface area contributed by atoms with Crippen LogP contribution in [0.3, 0.4) is 0 Å². The van der Waals surface area contributed by atoms with E-state index in [1.54, 1.807) is 24.3 Å². The minimum atomic E-state index is -1.32. The maximum Gasteiger partial charge on any atom is 0.279 e. The summed E-state index contributed by atoms with van der Waals surface area (Å²) in [5.41, 5.74) is 0.240. The number of aliphatic carboxylic acids is 1. The van der Waals surface area contributed by atoms with Gasteiger partial charge < -0.3 is 15.0 Å². The average molecular weight is 375 g/mol. The Morgan fingerprint density at radius 1 is 1.40 bits per heavy atom. The number of thiazole rings is 1. The van der Waals surface area contributed by atoms with Crippen molar-refractivity contribution in [2.75, 3.05) is 0 Å². The van der Waals surface area contributed by atoms with E-state index in [1.165, 1.54) is 0 Å². The fourth-order valence-corrected chi connectivity index (χ4v) is 4.29. The molecule has 25 heavy (non-hydrogen) atoms. The van der Waals surface area contributed by atoms with Crippen molar-refractivity contribution in [2.24, 2.45) is 10.9 Å². The van der Waals surface area contributed by atoms with E-state index in [0.717, 1.165) is 15.9 Å². The molecule has 0 bridgehead atoms. The molecule has 1 amide bonds. The molecule has 0 saturated heterocycles. The molecule has 0 radical (unpaired) electrons. The third-order valence-electron chi connectivity index (χ3n) is 3.93. The van der Waals surface area contributed by atoms with Crippen LogP contribution < -0.4 is 15.7 Å². The SMILES string of the molecule is CC(C)C[C@@H](C(=O)[O-])n1c(O)c(C2=c3ccccc3=NC2=O)sc1=S. The zero-order valence-corrected chi connectivity index (χ0v) is 15.2. The van der Waals surface area contributed by atoms with Crippen LogP contribution in [0.15, 0.2) is 29.3 Å². The van der Waals surface area contributed by atoms with E-state index in [9.17, 15) is 19.8 Å². The number of carbonyl (C=O) groups is 2. The molecule has 1 aromatic heterocycles. The first-order valence-corrected chi connectivity index (χ1v) is 8.91. The number of carbonyl (C=O) groups excluding carboxylic acids is 2. The highest BCUT2D eigenvalue weighted by Gasteiger charge is 2.28. The third-order valence-corrected chi connectivity index (χ3v) is 5.34. The number of fused-ring (bicyclic) bond motifs is 1. The van der Waals surface area contributed by atoms with Crippen molar-refractivity contribution in [3.8, 4) is 5.88 Å². The fraction of sp³-hybridized carbons (Fsp3) is 0.294. The van der Waals surface area contributed by atoms with Gasteiger partial charge in [-0.2, -0.15) is 0 Å². The van der Waals surface area contributed by atoms with E-state index < -0.39 is 17.9 Å². The molecule has 1 N–H and O–H groups in total. The van der Waals surface area contributed by atoms with Crippen molar-refractivity contribution in [1.82, 2.24) is 4.57 Å². The number of hydrogen-bond acceptors (Lipinski definition) is 6. The molecule has 0 saturated carbocycles. The lowest BCUT2D eigenvalue weighted by atomic mass is 10.0.